The van der Waals surface area contributed by atoms with Gasteiger partial charge in [-0.05, 0) is 85.3 Å². The van der Waals surface area contributed by atoms with E-state index in [2.05, 4.69) is 4.57 Å². The molecule has 2 amide bonds. The van der Waals surface area contributed by atoms with Crippen molar-refractivity contribution in [3.05, 3.63) is 87.8 Å². The lowest BCUT2D eigenvalue weighted by atomic mass is 10.2. The van der Waals surface area contributed by atoms with Crippen molar-refractivity contribution in [2.45, 2.75) is 20.5 Å². The van der Waals surface area contributed by atoms with Crippen molar-refractivity contribution in [3.8, 4) is 11.4 Å². The van der Waals surface area contributed by atoms with Gasteiger partial charge in [0.2, 0.25) is 0 Å². The number of aryl methyl sites for hydroxylation is 1. The van der Waals surface area contributed by atoms with Gasteiger partial charge in [-0.25, -0.2) is 4.39 Å². The number of rotatable bonds is 5. The van der Waals surface area contributed by atoms with Gasteiger partial charge in [-0.15, -0.1) is 0 Å². The quantitative estimate of drug-likeness (QED) is 0.497. The molecule has 2 aromatic carbocycles. The van der Waals surface area contributed by atoms with Crippen molar-refractivity contribution in [2.75, 3.05) is 7.05 Å². The fraction of sp³-hybridized carbons (Fsp3) is 0.167. The number of likely N-dealkylation sites (N-methyl/N-ethyl adjacent to an activating group) is 1. The van der Waals surface area contributed by atoms with Gasteiger partial charge in [-0.3, -0.25) is 14.5 Å². The second-order valence-corrected chi connectivity index (χ2v) is 8.30. The Labute approximate surface area is 184 Å². The number of benzene rings is 2. The zero-order valence-corrected chi connectivity index (χ0v) is 18.2. The number of carbonyl (C=O) groups is 2. The normalized spacial score (nSPS) is 15.2. The van der Waals surface area contributed by atoms with E-state index in [1.807, 2.05) is 44.2 Å². The molecule has 1 aromatic heterocycles. The maximum atomic E-state index is 13.0. The lowest BCUT2D eigenvalue weighted by Gasteiger charge is -2.11. The third-order valence-electron chi connectivity index (χ3n) is 5.16. The third kappa shape index (κ3) is 4.27. The first kappa shape index (κ1) is 20.9. The SMILES string of the molecule is Cc1cc(/C=C2\SC(=O)N(C)C2=O)c(C)n1-c1ccc(OCc2ccc(F)cc2)cc1. The first-order chi connectivity index (χ1) is 14.8. The Morgan fingerprint density at radius 2 is 1.71 bits per heavy atom. The number of nitrogens with zero attached hydrogens (tertiary/aromatic N) is 2. The lowest BCUT2D eigenvalue weighted by molar-refractivity contribution is -0.121. The Bertz CT molecular complexity index is 1180. The monoisotopic (exact) mass is 436 g/mol. The van der Waals surface area contributed by atoms with Gasteiger partial charge < -0.3 is 9.30 Å². The van der Waals surface area contributed by atoms with Crippen LogP contribution < -0.4 is 4.74 Å². The minimum Gasteiger partial charge on any atom is -0.489 e. The standard InChI is InChI=1S/C24H21FN2O3S/c1-15-12-18(13-22-23(28)26(3)24(29)31-22)16(2)27(15)20-8-10-21(11-9-20)30-14-17-4-6-19(25)7-5-17/h4-13H,14H2,1-3H3/b22-13-. The second-order valence-electron chi connectivity index (χ2n) is 7.31. The summed E-state index contributed by atoms with van der Waals surface area (Å²) in [7, 11) is 1.49. The highest BCUT2D eigenvalue weighted by Gasteiger charge is 2.32. The van der Waals surface area contributed by atoms with E-state index in [1.54, 1.807) is 18.2 Å². The molecule has 4 rings (SSSR count). The minimum absolute atomic E-state index is 0.263. The fourth-order valence-electron chi connectivity index (χ4n) is 3.46. The van der Waals surface area contributed by atoms with Crippen LogP contribution in [0.25, 0.3) is 11.8 Å². The molecule has 31 heavy (non-hydrogen) atoms. The Kier molecular flexibility index (Phi) is 5.69. The largest absolute Gasteiger partial charge is 0.489 e. The minimum atomic E-state index is -0.276. The molecule has 0 saturated carbocycles. The average molecular weight is 437 g/mol. The summed E-state index contributed by atoms with van der Waals surface area (Å²) in [6.07, 6.45) is 1.77. The fourth-order valence-corrected chi connectivity index (χ4v) is 4.27. The van der Waals surface area contributed by atoms with Gasteiger partial charge in [-0.2, -0.15) is 0 Å². The van der Waals surface area contributed by atoms with Crippen molar-refractivity contribution in [3.63, 3.8) is 0 Å². The van der Waals surface area contributed by atoms with Crippen LogP contribution in [0.4, 0.5) is 9.18 Å². The van der Waals surface area contributed by atoms with E-state index >= 15 is 0 Å². The molecule has 0 spiro atoms. The number of imide groups is 1. The van der Waals surface area contributed by atoms with E-state index in [0.717, 1.165) is 44.9 Å². The van der Waals surface area contributed by atoms with E-state index in [1.165, 1.54) is 19.2 Å². The number of aromatic nitrogens is 1. The van der Waals surface area contributed by atoms with Gasteiger partial charge in [0.1, 0.15) is 18.2 Å². The summed E-state index contributed by atoms with van der Waals surface area (Å²) < 4.78 is 20.9. The summed E-state index contributed by atoms with van der Waals surface area (Å²) in [5.74, 6) is 0.171. The zero-order chi connectivity index (χ0) is 22.1. The van der Waals surface area contributed by atoms with Crippen LogP contribution in [0.2, 0.25) is 0 Å². The third-order valence-corrected chi connectivity index (χ3v) is 6.12. The number of thioether (sulfide) groups is 1. The van der Waals surface area contributed by atoms with Crippen LogP contribution in [0.5, 0.6) is 5.75 Å². The molecule has 0 radical (unpaired) electrons. The van der Waals surface area contributed by atoms with E-state index < -0.39 is 0 Å². The van der Waals surface area contributed by atoms with E-state index in [-0.39, 0.29) is 17.0 Å². The predicted molar refractivity (Wildman–Crippen MR) is 120 cm³/mol. The van der Waals surface area contributed by atoms with Crippen molar-refractivity contribution >= 4 is 29.0 Å². The van der Waals surface area contributed by atoms with Crippen molar-refractivity contribution in [2.24, 2.45) is 0 Å². The maximum Gasteiger partial charge on any atom is 0.293 e. The summed E-state index contributed by atoms with van der Waals surface area (Å²) in [4.78, 5) is 25.5. The Hall–Kier alpha value is -3.32. The molecule has 1 aliphatic rings. The van der Waals surface area contributed by atoms with Crippen LogP contribution in [0.15, 0.2) is 59.5 Å². The molecule has 0 aliphatic carbocycles. The molecular formula is C24H21FN2O3S. The van der Waals surface area contributed by atoms with Crippen LogP contribution in [-0.4, -0.2) is 27.7 Å². The number of hydrogen-bond donors (Lipinski definition) is 0. The molecule has 7 heteroatoms. The lowest BCUT2D eigenvalue weighted by Crippen LogP contribution is -2.22. The van der Waals surface area contributed by atoms with Gasteiger partial charge in [0, 0.05) is 24.1 Å². The zero-order valence-electron chi connectivity index (χ0n) is 17.4. The summed E-state index contributed by atoms with van der Waals surface area (Å²) in [5.41, 5.74) is 4.74. The summed E-state index contributed by atoms with van der Waals surface area (Å²) >= 11 is 0.955. The number of halogens is 1. The van der Waals surface area contributed by atoms with E-state index in [9.17, 15) is 14.0 Å². The molecule has 5 nitrogen and oxygen atoms in total. The van der Waals surface area contributed by atoms with E-state index in [4.69, 9.17) is 4.74 Å². The molecule has 0 bridgehead atoms. The average Bonchev–Trinajstić information content (AvgIpc) is 3.17. The number of carbonyl (C=O) groups excluding carboxylic acids is 2. The van der Waals surface area contributed by atoms with Crippen molar-refractivity contribution < 1.29 is 18.7 Å². The van der Waals surface area contributed by atoms with Crippen molar-refractivity contribution in [1.29, 1.82) is 0 Å². The predicted octanol–water partition coefficient (Wildman–Crippen LogP) is 5.48. The van der Waals surface area contributed by atoms with Crippen LogP contribution in [0, 0.1) is 19.7 Å². The smallest absolute Gasteiger partial charge is 0.293 e. The molecule has 3 aromatic rings. The highest BCUT2D eigenvalue weighted by molar-refractivity contribution is 8.18. The molecule has 1 aliphatic heterocycles. The maximum absolute atomic E-state index is 13.0. The first-order valence-electron chi connectivity index (χ1n) is 9.71. The van der Waals surface area contributed by atoms with Gasteiger partial charge in [0.25, 0.3) is 11.1 Å². The van der Waals surface area contributed by atoms with Gasteiger partial charge >= 0.3 is 0 Å². The molecular weight excluding hydrogens is 415 g/mol. The Morgan fingerprint density at radius 1 is 1.03 bits per heavy atom. The van der Waals surface area contributed by atoms with Crippen LogP contribution >= 0.6 is 11.8 Å². The number of ether oxygens (including phenoxy) is 1. The highest BCUT2D eigenvalue weighted by atomic mass is 32.2. The second kappa shape index (κ2) is 8.43. The van der Waals surface area contributed by atoms with Gasteiger partial charge in [-0.1, -0.05) is 12.1 Å². The van der Waals surface area contributed by atoms with E-state index in [0.29, 0.717) is 17.3 Å². The summed E-state index contributed by atoms with van der Waals surface area (Å²) in [6, 6.07) is 15.9. The highest BCUT2D eigenvalue weighted by Crippen LogP contribution is 2.33. The van der Waals surface area contributed by atoms with Crippen LogP contribution in [0.3, 0.4) is 0 Å². The molecule has 0 unspecified atom stereocenters. The number of hydrogen-bond acceptors (Lipinski definition) is 4. The first-order valence-corrected chi connectivity index (χ1v) is 10.5. The van der Waals surface area contributed by atoms with Gasteiger partial charge in [0.05, 0.1) is 4.91 Å². The molecule has 0 atom stereocenters. The topological polar surface area (TPSA) is 51.5 Å². The molecule has 1 saturated heterocycles. The summed E-state index contributed by atoms with van der Waals surface area (Å²) in [6.45, 7) is 4.33. The number of amides is 2. The van der Waals surface area contributed by atoms with Crippen LogP contribution in [-0.2, 0) is 11.4 Å². The van der Waals surface area contributed by atoms with Crippen molar-refractivity contribution in [1.82, 2.24) is 9.47 Å². The molecule has 1 fully saturated rings. The Morgan fingerprint density at radius 3 is 2.32 bits per heavy atom. The Balaban J connectivity index is 1.53. The van der Waals surface area contributed by atoms with Crippen LogP contribution in [0.1, 0.15) is 22.5 Å². The molecule has 0 N–H and O–H groups in total. The molecule has 2 heterocycles. The molecule has 158 valence electrons. The summed E-state index contributed by atoms with van der Waals surface area (Å²) in [5, 5.41) is -0.263. The van der Waals surface area contributed by atoms with Gasteiger partial charge in [0.15, 0.2) is 0 Å².